The molecule has 0 aromatic carbocycles. The summed E-state index contributed by atoms with van der Waals surface area (Å²) in [5.41, 5.74) is 0. The fraction of sp³-hybridized carbons (Fsp3) is 0.938. The summed E-state index contributed by atoms with van der Waals surface area (Å²) in [6.45, 7) is 8.32. The zero-order valence-corrected chi connectivity index (χ0v) is 24.2. The zero-order valence-electron chi connectivity index (χ0n) is 24.2. The van der Waals surface area contributed by atoms with Crippen molar-refractivity contribution in [3.05, 3.63) is 0 Å². The van der Waals surface area contributed by atoms with Crippen molar-refractivity contribution in [3.8, 4) is 0 Å². The summed E-state index contributed by atoms with van der Waals surface area (Å²) >= 11 is 0. The summed E-state index contributed by atoms with van der Waals surface area (Å²) < 4.78 is 0. The normalized spacial score (nSPS) is 10.7. The van der Waals surface area contributed by atoms with Crippen LogP contribution in [0.4, 0.5) is 0 Å². The summed E-state index contributed by atoms with van der Waals surface area (Å²) in [7, 11) is 0. The van der Waals surface area contributed by atoms with Crippen LogP contribution >= 0.6 is 0 Å². The Morgan fingerprint density at radius 3 is 0.853 bits per heavy atom. The molecule has 0 bridgehead atoms. The van der Waals surface area contributed by atoms with Gasteiger partial charge in [-0.15, -0.1) is 0 Å². The zero-order chi connectivity index (χ0) is 25.5. The van der Waals surface area contributed by atoms with Crippen LogP contribution in [0.25, 0.3) is 0 Å². The second kappa shape index (κ2) is 32.3. The van der Waals surface area contributed by atoms with E-state index in [4.69, 9.17) is 0 Å². The van der Waals surface area contributed by atoms with Crippen LogP contribution < -0.4 is 0 Å². The molecule has 0 saturated heterocycles. The molecule has 0 heterocycles. The predicted molar refractivity (Wildman–Crippen MR) is 153 cm³/mol. The van der Waals surface area contributed by atoms with Gasteiger partial charge in [-0.2, -0.15) is 0 Å². The molecule has 0 aromatic heterocycles. The Morgan fingerprint density at radius 1 is 0.382 bits per heavy atom. The molecule has 0 unspecified atom stereocenters. The average molecular weight is 481 g/mol. The van der Waals surface area contributed by atoms with E-state index in [0.717, 1.165) is 12.8 Å². The molecule has 0 aliphatic rings. The number of rotatable bonds is 26. The van der Waals surface area contributed by atoms with E-state index in [1.807, 2.05) is 0 Å². The molecule has 204 valence electrons. The van der Waals surface area contributed by atoms with Crippen LogP contribution in [0.1, 0.15) is 195 Å². The molecule has 0 saturated carbocycles. The molecule has 0 aromatic rings. The number of hydrogen-bond donors (Lipinski definition) is 0. The number of unbranched alkanes of at least 4 members (excludes halogenated alkanes) is 22. The van der Waals surface area contributed by atoms with Gasteiger partial charge in [-0.1, -0.05) is 168 Å². The molecule has 0 rings (SSSR count). The molecule has 0 spiro atoms. The standard InChI is InChI=1S/C19H36O2.C13H28/c1-3-4-5-6-7-8-9-10-11-12-13-14-15-16-19(21)17-18(2)20;1-3-5-7-9-11-13-12-10-8-6-4-2/h3-17H2,1-2H3;3-13H2,1-2H3. The molecular formula is C32H64O2. The van der Waals surface area contributed by atoms with Gasteiger partial charge in [-0.3, -0.25) is 9.59 Å². The van der Waals surface area contributed by atoms with Crippen molar-refractivity contribution in [2.45, 2.75) is 195 Å². The average Bonchev–Trinajstić information content (AvgIpc) is 2.81. The minimum atomic E-state index is -0.00491. The Kier molecular flexibility index (Phi) is 33.8. The Balaban J connectivity index is 0. The lowest BCUT2D eigenvalue weighted by molar-refractivity contribution is -0.125. The molecule has 0 aliphatic carbocycles. The Labute approximate surface area is 215 Å². The van der Waals surface area contributed by atoms with Gasteiger partial charge in [0.1, 0.15) is 11.6 Å². The van der Waals surface area contributed by atoms with E-state index in [1.54, 1.807) is 0 Å². The van der Waals surface area contributed by atoms with Crippen molar-refractivity contribution >= 4 is 11.6 Å². The SMILES string of the molecule is CCCCCCCCCCCCC.CCCCCCCCCCCCCCCC(=O)CC(C)=O. The van der Waals surface area contributed by atoms with Crippen molar-refractivity contribution in [2.75, 3.05) is 0 Å². The molecule has 2 nitrogen and oxygen atoms in total. The highest BCUT2D eigenvalue weighted by molar-refractivity contribution is 5.97. The number of hydrogen-bond acceptors (Lipinski definition) is 2. The fourth-order valence-corrected chi connectivity index (χ4v) is 4.44. The number of carbonyl (C=O) groups is 2. The van der Waals surface area contributed by atoms with Gasteiger partial charge in [0, 0.05) is 6.42 Å². The van der Waals surface area contributed by atoms with Crippen molar-refractivity contribution in [3.63, 3.8) is 0 Å². The van der Waals surface area contributed by atoms with Crippen molar-refractivity contribution in [2.24, 2.45) is 0 Å². The minimum absolute atomic E-state index is 0.00491. The molecule has 34 heavy (non-hydrogen) atoms. The Hall–Kier alpha value is -0.660. The first kappa shape index (κ1) is 35.5. The molecule has 0 radical (unpaired) electrons. The second-order valence-corrected chi connectivity index (χ2v) is 10.6. The summed E-state index contributed by atoms with van der Waals surface area (Å²) in [6, 6.07) is 0. The first-order valence-electron chi connectivity index (χ1n) is 15.6. The van der Waals surface area contributed by atoms with E-state index in [9.17, 15) is 9.59 Å². The smallest absolute Gasteiger partial charge is 0.140 e. The van der Waals surface area contributed by atoms with Gasteiger partial charge in [-0.25, -0.2) is 0 Å². The third-order valence-electron chi connectivity index (χ3n) is 6.71. The van der Waals surface area contributed by atoms with Crippen molar-refractivity contribution in [1.29, 1.82) is 0 Å². The van der Waals surface area contributed by atoms with E-state index in [1.165, 1.54) is 148 Å². The van der Waals surface area contributed by atoms with Gasteiger partial charge in [0.2, 0.25) is 0 Å². The number of carbonyl (C=O) groups excluding carboxylic acids is 2. The van der Waals surface area contributed by atoms with Crippen LogP contribution in [0.3, 0.4) is 0 Å². The van der Waals surface area contributed by atoms with E-state index in [-0.39, 0.29) is 18.0 Å². The first-order valence-corrected chi connectivity index (χ1v) is 15.6. The van der Waals surface area contributed by atoms with E-state index >= 15 is 0 Å². The second-order valence-electron chi connectivity index (χ2n) is 10.6. The number of ketones is 2. The topological polar surface area (TPSA) is 34.1 Å². The maximum Gasteiger partial charge on any atom is 0.140 e. The van der Waals surface area contributed by atoms with Gasteiger partial charge in [-0.05, 0) is 13.3 Å². The summed E-state index contributed by atoms with van der Waals surface area (Å²) in [5, 5.41) is 0. The molecule has 0 atom stereocenters. The van der Waals surface area contributed by atoms with Crippen LogP contribution in [0.15, 0.2) is 0 Å². The van der Waals surface area contributed by atoms with Crippen LogP contribution in [0.5, 0.6) is 0 Å². The molecular weight excluding hydrogens is 416 g/mol. The lowest BCUT2D eigenvalue weighted by Gasteiger charge is -2.03. The highest BCUT2D eigenvalue weighted by atomic mass is 16.1. The van der Waals surface area contributed by atoms with Crippen molar-refractivity contribution < 1.29 is 9.59 Å². The van der Waals surface area contributed by atoms with Gasteiger partial charge in [0.05, 0.1) is 6.42 Å². The van der Waals surface area contributed by atoms with E-state index in [2.05, 4.69) is 20.8 Å². The van der Waals surface area contributed by atoms with Crippen LogP contribution in [0, 0.1) is 0 Å². The lowest BCUT2D eigenvalue weighted by Crippen LogP contribution is -2.03. The highest BCUT2D eigenvalue weighted by Crippen LogP contribution is 2.13. The number of Topliss-reactive ketones (excluding diaryl/α,β-unsaturated/α-hetero) is 2. The summed E-state index contributed by atoms with van der Waals surface area (Å²) in [6.07, 6.45) is 33.8. The molecule has 0 amide bonds. The third kappa shape index (κ3) is 35.9. The maximum atomic E-state index is 11.3. The predicted octanol–water partition coefficient (Wildman–Crippen LogP) is 11.3. The summed E-state index contributed by atoms with van der Waals surface area (Å²) in [5.74, 6) is 0.111. The minimum Gasteiger partial charge on any atom is -0.300 e. The summed E-state index contributed by atoms with van der Waals surface area (Å²) in [4.78, 5) is 22.1. The third-order valence-corrected chi connectivity index (χ3v) is 6.71. The molecule has 0 N–H and O–H groups in total. The molecule has 0 fully saturated rings. The van der Waals surface area contributed by atoms with Gasteiger partial charge >= 0.3 is 0 Å². The van der Waals surface area contributed by atoms with Crippen LogP contribution in [-0.4, -0.2) is 11.6 Å². The van der Waals surface area contributed by atoms with E-state index in [0.29, 0.717) is 6.42 Å². The Bertz CT molecular complexity index is 392. The Morgan fingerprint density at radius 2 is 0.618 bits per heavy atom. The molecule has 2 heteroatoms. The fourth-order valence-electron chi connectivity index (χ4n) is 4.44. The molecule has 0 aliphatic heterocycles. The van der Waals surface area contributed by atoms with Gasteiger partial charge in [0.15, 0.2) is 0 Å². The van der Waals surface area contributed by atoms with Gasteiger partial charge in [0.25, 0.3) is 0 Å². The van der Waals surface area contributed by atoms with Gasteiger partial charge < -0.3 is 0 Å². The maximum absolute atomic E-state index is 11.3. The highest BCUT2D eigenvalue weighted by Gasteiger charge is 2.04. The van der Waals surface area contributed by atoms with E-state index < -0.39 is 0 Å². The van der Waals surface area contributed by atoms with Crippen LogP contribution in [0.2, 0.25) is 0 Å². The monoisotopic (exact) mass is 480 g/mol. The quantitative estimate of drug-likeness (QED) is 0.0910. The van der Waals surface area contributed by atoms with Crippen molar-refractivity contribution in [1.82, 2.24) is 0 Å². The first-order chi connectivity index (χ1) is 16.6. The van der Waals surface area contributed by atoms with Crippen LogP contribution in [-0.2, 0) is 9.59 Å². The lowest BCUT2D eigenvalue weighted by atomic mass is 10.0. The largest absolute Gasteiger partial charge is 0.300 e.